The third kappa shape index (κ3) is 5.44. The van der Waals surface area contributed by atoms with Crippen molar-refractivity contribution in [3.63, 3.8) is 0 Å². The molecule has 0 saturated heterocycles. The van der Waals surface area contributed by atoms with Gasteiger partial charge in [0.25, 0.3) is 5.91 Å². The minimum Gasteiger partial charge on any atom is -0.493 e. The molecule has 1 aliphatic carbocycles. The number of fused-ring (bicyclic) bond motifs is 1. The minimum atomic E-state index is -0.183. The summed E-state index contributed by atoms with van der Waals surface area (Å²) in [6.45, 7) is 2.95. The van der Waals surface area contributed by atoms with Gasteiger partial charge in [-0.3, -0.25) is 4.79 Å². The van der Waals surface area contributed by atoms with Crippen LogP contribution < -0.4 is 20.7 Å². The molecule has 186 valence electrons. The molecule has 1 amide bonds. The van der Waals surface area contributed by atoms with Crippen LogP contribution in [0.4, 0.5) is 0 Å². The lowest BCUT2D eigenvalue weighted by Crippen LogP contribution is -2.49. The predicted molar refractivity (Wildman–Crippen MR) is 143 cm³/mol. The molecule has 3 aromatic carbocycles. The molecule has 36 heavy (non-hydrogen) atoms. The highest BCUT2D eigenvalue weighted by molar-refractivity contribution is 6.09. The molecule has 7 heteroatoms. The standard InChI is InChI=1S/C29H33N5O2/c1-3-36-25-14-13-21-9-7-8-12-24(21)26(25)27(35)32-19-29(22-10-5-4-6-11-22)17-15-23(16-18-29)34-28(31-2)33-20-30/h4-14,23H,3,15-19H2,1-2H3,(H,32,35)(H2,31,33,34)/t23-,29-. The molecular weight excluding hydrogens is 450 g/mol. The summed E-state index contributed by atoms with van der Waals surface area (Å²) in [7, 11) is 1.75. The van der Waals surface area contributed by atoms with E-state index >= 15 is 0 Å². The molecule has 7 nitrogen and oxygen atoms in total. The molecule has 0 aromatic heterocycles. The fourth-order valence-electron chi connectivity index (χ4n) is 5.18. The van der Waals surface area contributed by atoms with Crippen LogP contribution in [0.15, 0.2) is 71.7 Å². The zero-order chi connectivity index (χ0) is 25.4. The molecule has 3 aromatic rings. The highest BCUT2D eigenvalue weighted by atomic mass is 16.5. The Balaban J connectivity index is 1.57. The SMILES string of the molecule is CCOc1ccc2ccccc2c1C(=O)NC[C@]1(c2ccccc2)CC[C@H](N/C(=N/C#N)NC)CC1. The van der Waals surface area contributed by atoms with Gasteiger partial charge in [-0.1, -0.05) is 60.7 Å². The highest BCUT2D eigenvalue weighted by Gasteiger charge is 2.37. The van der Waals surface area contributed by atoms with Crippen molar-refractivity contribution in [2.75, 3.05) is 20.2 Å². The Bertz CT molecular complexity index is 1260. The van der Waals surface area contributed by atoms with E-state index in [-0.39, 0.29) is 17.4 Å². The summed E-state index contributed by atoms with van der Waals surface area (Å²) in [5.41, 5.74) is 1.63. The summed E-state index contributed by atoms with van der Waals surface area (Å²) >= 11 is 0. The largest absolute Gasteiger partial charge is 0.493 e. The smallest absolute Gasteiger partial charge is 0.255 e. The zero-order valence-corrected chi connectivity index (χ0v) is 20.9. The van der Waals surface area contributed by atoms with E-state index in [9.17, 15) is 4.79 Å². The summed E-state index contributed by atoms with van der Waals surface area (Å²) in [6.07, 6.45) is 5.42. The minimum absolute atomic E-state index is 0.121. The molecular formula is C29H33N5O2. The predicted octanol–water partition coefficient (Wildman–Crippen LogP) is 4.49. The van der Waals surface area contributed by atoms with Gasteiger partial charge < -0.3 is 20.7 Å². The number of aliphatic imine (C=N–C) groups is 1. The zero-order valence-electron chi connectivity index (χ0n) is 20.9. The number of nitrogens with zero attached hydrogens (tertiary/aromatic N) is 2. The summed E-state index contributed by atoms with van der Waals surface area (Å²) in [6, 6.07) is 22.4. The molecule has 0 unspecified atom stereocenters. The van der Waals surface area contributed by atoms with Crippen molar-refractivity contribution >= 4 is 22.6 Å². The van der Waals surface area contributed by atoms with Gasteiger partial charge in [-0.05, 0) is 55.0 Å². The van der Waals surface area contributed by atoms with Crippen molar-refractivity contribution in [3.8, 4) is 11.9 Å². The van der Waals surface area contributed by atoms with Gasteiger partial charge in [0, 0.05) is 25.0 Å². The van der Waals surface area contributed by atoms with Crippen LogP contribution in [-0.4, -0.2) is 38.1 Å². The van der Waals surface area contributed by atoms with Gasteiger partial charge in [0.2, 0.25) is 12.2 Å². The van der Waals surface area contributed by atoms with Crippen molar-refractivity contribution in [2.24, 2.45) is 4.99 Å². The fourth-order valence-corrected chi connectivity index (χ4v) is 5.18. The molecule has 4 rings (SSSR count). The lowest BCUT2D eigenvalue weighted by atomic mass is 9.68. The van der Waals surface area contributed by atoms with Crippen molar-refractivity contribution < 1.29 is 9.53 Å². The van der Waals surface area contributed by atoms with Gasteiger partial charge in [0.15, 0.2) is 0 Å². The van der Waals surface area contributed by atoms with Crippen LogP contribution in [0.5, 0.6) is 5.75 Å². The molecule has 0 bridgehead atoms. The quantitative estimate of drug-likeness (QED) is 0.261. The lowest BCUT2D eigenvalue weighted by Gasteiger charge is -2.41. The molecule has 1 fully saturated rings. The van der Waals surface area contributed by atoms with Gasteiger partial charge in [0.1, 0.15) is 5.75 Å². The number of amides is 1. The monoisotopic (exact) mass is 483 g/mol. The van der Waals surface area contributed by atoms with E-state index in [0.717, 1.165) is 36.5 Å². The van der Waals surface area contributed by atoms with E-state index < -0.39 is 0 Å². The van der Waals surface area contributed by atoms with E-state index in [0.29, 0.717) is 30.4 Å². The second-order valence-corrected chi connectivity index (χ2v) is 9.15. The Hall–Kier alpha value is -4.05. The van der Waals surface area contributed by atoms with Crippen molar-refractivity contribution in [1.82, 2.24) is 16.0 Å². The Morgan fingerprint density at radius 2 is 1.81 bits per heavy atom. The van der Waals surface area contributed by atoms with Crippen LogP contribution in [0.2, 0.25) is 0 Å². The van der Waals surface area contributed by atoms with Crippen LogP contribution >= 0.6 is 0 Å². The number of carbonyl (C=O) groups excluding carboxylic acids is 1. The number of nitriles is 1. The van der Waals surface area contributed by atoms with E-state index in [1.165, 1.54) is 5.56 Å². The molecule has 1 saturated carbocycles. The number of hydrogen-bond donors (Lipinski definition) is 3. The second-order valence-electron chi connectivity index (χ2n) is 9.15. The first-order valence-corrected chi connectivity index (χ1v) is 12.5. The third-order valence-electron chi connectivity index (χ3n) is 7.07. The van der Waals surface area contributed by atoms with Gasteiger partial charge in [-0.15, -0.1) is 4.99 Å². The number of hydrogen-bond acceptors (Lipinski definition) is 4. The van der Waals surface area contributed by atoms with Gasteiger partial charge >= 0.3 is 0 Å². The van der Waals surface area contributed by atoms with E-state index in [2.05, 4.69) is 45.2 Å². The summed E-state index contributed by atoms with van der Waals surface area (Å²) in [5.74, 6) is 0.971. The first-order chi connectivity index (χ1) is 17.6. The average Bonchev–Trinajstić information content (AvgIpc) is 2.93. The molecule has 0 spiro atoms. The topological polar surface area (TPSA) is 98.5 Å². The van der Waals surface area contributed by atoms with Gasteiger partial charge in [-0.2, -0.15) is 5.26 Å². The second kappa shape index (κ2) is 11.6. The van der Waals surface area contributed by atoms with Crippen LogP contribution in [-0.2, 0) is 5.41 Å². The number of nitrogens with one attached hydrogen (secondary N) is 3. The maximum absolute atomic E-state index is 13.6. The Labute approximate surface area is 212 Å². The van der Waals surface area contributed by atoms with Crippen molar-refractivity contribution in [2.45, 2.75) is 44.1 Å². The molecule has 0 aliphatic heterocycles. The van der Waals surface area contributed by atoms with Crippen molar-refractivity contribution in [3.05, 3.63) is 77.9 Å². The average molecular weight is 484 g/mol. The van der Waals surface area contributed by atoms with Crippen LogP contribution in [0.25, 0.3) is 10.8 Å². The van der Waals surface area contributed by atoms with E-state index in [1.54, 1.807) is 7.05 Å². The summed E-state index contributed by atoms with van der Waals surface area (Å²) < 4.78 is 5.84. The Kier molecular flexibility index (Phi) is 8.06. The number of ether oxygens (including phenoxy) is 1. The maximum atomic E-state index is 13.6. The Morgan fingerprint density at radius 1 is 1.08 bits per heavy atom. The van der Waals surface area contributed by atoms with Crippen molar-refractivity contribution in [1.29, 1.82) is 5.26 Å². The van der Waals surface area contributed by atoms with Crippen LogP contribution in [0.3, 0.4) is 0 Å². The van der Waals surface area contributed by atoms with Crippen LogP contribution in [0, 0.1) is 11.5 Å². The van der Waals surface area contributed by atoms with E-state index in [4.69, 9.17) is 10.00 Å². The molecule has 0 heterocycles. The molecule has 0 atom stereocenters. The maximum Gasteiger partial charge on any atom is 0.255 e. The normalized spacial score (nSPS) is 19.8. The van der Waals surface area contributed by atoms with Gasteiger partial charge in [-0.25, -0.2) is 0 Å². The van der Waals surface area contributed by atoms with E-state index in [1.807, 2.05) is 55.6 Å². The molecule has 1 aliphatic rings. The summed E-state index contributed by atoms with van der Waals surface area (Å²) in [4.78, 5) is 17.4. The third-order valence-corrected chi connectivity index (χ3v) is 7.07. The number of rotatable bonds is 7. The van der Waals surface area contributed by atoms with Crippen LogP contribution in [0.1, 0.15) is 48.5 Å². The Morgan fingerprint density at radius 3 is 2.50 bits per heavy atom. The number of guanidine groups is 1. The first kappa shape index (κ1) is 25.1. The first-order valence-electron chi connectivity index (χ1n) is 12.5. The molecule has 3 N–H and O–H groups in total. The molecule has 0 radical (unpaired) electrons. The highest BCUT2D eigenvalue weighted by Crippen LogP contribution is 2.39. The summed E-state index contributed by atoms with van der Waals surface area (Å²) in [5, 5.41) is 20.3. The fraction of sp³-hybridized carbons (Fsp3) is 0.345. The lowest BCUT2D eigenvalue weighted by molar-refractivity contribution is 0.0933. The number of benzene rings is 3. The van der Waals surface area contributed by atoms with Gasteiger partial charge in [0.05, 0.1) is 12.2 Å². The number of carbonyl (C=O) groups is 1.